The molecular weight excluding hydrogens is 500 g/mol. The minimum atomic E-state index is -2.99. The summed E-state index contributed by atoms with van der Waals surface area (Å²) in [6.45, 7) is 2.66. The molecule has 2 aromatic heterocycles. The molecular formula is C23H22F4N6O2S. The van der Waals surface area contributed by atoms with Gasteiger partial charge in [0.05, 0.1) is 26.4 Å². The molecule has 1 N–H and O–H groups in total. The number of rotatable bonds is 9. The molecule has 0 atom stereocenters. The second kappa shape index (κ2) is 10.5. The number of thiocarbonyl (C=S) groups is 1. The van der Waals surface area contributed by atoms with Crippen LogP contribution in [0.4, 0.5) is 17.6 Å². The van der Waals surface area contributed by atoms with E-state index in [9.17, 15) is 22.4 Å². The Morgan fingerprint density at radius 1 is 1.17 bits per heavy atom. The maximum Gasteiger partial charge on any atom is 0.282 e. The predicted octanol–water partition coefficient (Wildman–Crippen LogP) is 4.29. The molecule has 0 unspecified atom stereocenters. The molecule has 0 saturated carbocycles. The topological polar surface area (TPSA) is 77.2 Å². The molecule has 1 amide bonds. The Labute approximate surface area is 209 Å². The van der Waals surface area contributed by atoms with Crippen LogP contribution in [0, 0.1) is 0 Å². The number of aryl methyl sites for hydroxylation is 1. The summed E-state index contributed by atoms with van der Waals surface area (Å²) in [4.78, 5) is 14.4. The van der Waals surface area contributed by atoms with Gasteiger partial charge in [-0.25, -0.2) is 17.6 Å². The summed E-state index contributed by atoms with van der Waals surface area (Å²) in [5.74, 6) is 0.0116. The molecule has 0 radical (unpaired) electrons. The number of amides is 1. The molecule has 8 nitrogen and oxygen atoms in total. The Morgan fingerprint density at radius 3 is 2.58 bits per heavy atom. The molecule has 0 aliphatic carbocycles. The van der Waals surface area contributed by atoms with Crippen molar-refractivity contribution >= 4 is 29.3 Å². The number of benzene rings is 1. The zero-order valence-electron chi connectivity index (χ0n) is 19.3. The number of methoxy groups -OCH3 is 1. The summed E-state index contributed by atoms with van der Waals surface area (Å²) in [6.07, 6.45) is -0.911. The molecule has 3 aromatic rings. The van der Waals surface area contributed by atoms with Crippen LogP contribution < -0.4 is 10.1 Å². The van der Waals surface area contributed by atoms with Crippen LogP contribution in [0.5, 0.6) is 5.75 Å². The molecule has 1 fully saturated rings. The second-order valence-corrected chi connectivity index (χ2v) is 8.29. The summed E-state index contributed by atoms with van der Waals surface area (Å²) >= 11 is 5.32. The van der Waals surface area contributed by atoms with Gasteiger partial charge in [-0.1, -0.05) is 6.07 Å². The molecule has 1 saturated heterocycles. The van der Waals surface area contributed by atoms with E-state index in [2.05, 4.69) is 15.5 Å². The summed E-state index contributed by atoms with van der Waals surface area (Å²) in [7, 11) is 1.40. The maximum atomic E-state index is 13.4. The minimum absolute atomic E-state index is 0.228. The van der Waals surface area contributed by atoms with Gasteiger partial charge in [-0.15, -0.1) is 0 Å². The summed E-state index contributed by atoms with van der Waals surface area (Å²) < 4.78 is 60.8. The Hall–Kier alpha value is -3.74. The first kappa shape index (κ1) is 25.4. The lowest BCUT2D eigenvalue weighted by atomic mass is 10.1. The number of hydrogen-bond acceptors (Lipinski definition) is 5. The Balaban J connectivity index is 1.59. The van der Waals surface area contributed by atoms with E-state index in [1.54, 1.807) is 35.2 Å². The van der Waals surface area contributed by atoms with Gasteiger partial charge in [-0.3, -0.25) is 19.1 Å². The Kier molecular flexibility index (Phi) is 7.38. The molecule has 1 aliphatic rings. The van der Waals surface area contributed by atoms with Gasteiger partial charge in [0.2, 0.25) is 0 Å². The van der Waals surface area contributed by atoms with Crippen molar-refractivity contribution in [2.75, 3.05) is 7.11 Å². The van der Waals surface area contributed by atoms with Gasteiger partial charge in [0.1, 0.15) is 22.8 Å². The highest BCUT2D eigenvalue weighted by Gasteiger charge is 2.31. The molecule has 13 heteroatoms. The molecule has 1 aromatic carbocycles. The Bertz CT molecular complexity index is 1320. The first-order valence-electron chi connectivity index (χ1n) is 10.9. The zero-order valence-corrected chi connectivity index (χ0v) is 20.1. The van der Waals surface area contributed by atoms with E-state index in [-0.39, 0.29) is 29.8 Å². The molecule has 190 valence electrons. The number of ether oxygens (including phenoxy) is 1. The monoisotopic (exact) mass is 522 g/mol. The van der Waals surface area contributed by atoms with Crippen molar-refractivity contribution in [2.24, 2.45) is 0 Å². The lowest BCUT2D eigenvalue weighted by Crippen LogP contribution is -2.29. The summed E-state index contributed by atoms with van der Waals surface area (Å²) in [6, 6.07) is 5.56. The predicted molar refractivity (Wildman–Crippen MR) is 126 cm³/mol. The zero-order chi connectivity index (χ0) is 26.0. The summed E-state index contributed by atoms with van der Waals surface area (Å²) in [5.41, 5.74) is 0.642. The van der Waals surface area contributed by atoms with Crippen molar-refractivity contribution in [3.63, 3.8) is 0 Å². The van der Waals surface area contributed by atoms with Crippen molar-refractivity contribution in [2.45, 2.75) is 39.4 Å². The molecule has 0 spiro atoms. The minimum Gasteiger partial charge on any atom is -0.496 e. The van der Waals surface area contributed by atoms with Gasteiger partial charge >= 0.3 is 0 Å². The lowest BCUT2D eigenvalue weighted by molar-refractivity contribution is -0.122. The first-order chi connectivity index (χ1) is 17.2. The number of alkyl halides is 4. The standard InChI is InChI=1S/C23H22F4N6O2S/c1-3-31-10-14(9-28-31)11-32-22(34)17(29-23(32)36)7-13-4-5-19(35-2)15(6-13)12-33-18(21(26)27)8-16(30-33)20(24)25/h4-10,20-21H,3,11-12H2,1-2H3,(H,29,36)/b17-7+. The van der Waals surface area contributed by atoms with Crippen molar-refractivity contribution in [1.29, 1.82) is 0 Å². The summed E-state index contributed by atoms with van der Waals surface area (Å²) in [5, 5.41) is 11.0. The number of nitrogens with one attached hydrogen (secondary N) is 1. The van der Waals surface area contributed by atoms with E-state index in [1.807, 2.05) is 13.1 Å². The average molecular weight is 523 g/mol. The fourth-order valence-electron chi connectivity index (χ4n) is 3.76. The van der Waals surface area contributed by atoms with Crippen LogP contribution >= 0.6 is 12.2 Å². The van der Waals surface area contributed by atoms with E-state index in [4.69, 9.17) is 17.0 Å². The molecule has 0 bridgehead atoms. The molecule has 1 aliphatic heterocycles. The fourth-order valence-corrected chi connectivity index (χ4v) is 4.02. The van der Waals surface area contributed by atoms with Crippen molar-refractivity contribution in [3.05, 3.63) is 70.4 Å². The van der Waals surface area contributed by atoms with Gasteiger partial charge in [0.25, 0.3) is 18.8 Å². The van der Waals surface area contributed by atoms with Crippen LogP contribution in [0.15, 0.2) is 42.4 Å². The SMILES string of the molecule is CCn1cc(CN2C(=O)/C(=C\c3ccc(OC)c(Cn4nc(C(F)F)cc4C(F)F)c3)NC2=S)cn1. The maximum absolute atomic E-state index is 13.4. The van der Waals surface area contributed by atoms with Crippen molar-refractivity contribution in [1.82, 2.24) is 29.8 Å². The quantitative estimate of drug-likeness (QED) is 0.257. The second-order valence-electron chi connectivity index (χ2n) is 7.91. The number of carbonyl (C=O) groups is 1. The van der Waals surface area contributed by atoms with E-state index in [0.29, 0.717) is 29.5 Å². The number of aromatic nitrogens is 4. The highest BCUT2D eigenvalue weighted by atomic mass is 32.1. The van der Waals surface area contributed by atoms with Crippen LogP contribution in [-0.2, 0) is 24.4 Å². The first-order valence-corrected chi connectivity index (χ1v) is 11.3. The van der Waals surface area contributed by atoms with Crippen LogP contribution in [0.2, 0.25) is 0 Å². The highest BCUT2D eigenvalue weighted by molar-refractivity contribution is 7.80. The highest BCUT2D eigenvalue weighted by Crippen LogP contribution is 2.28. The number of nitrogens with zero attached hydrogens (tertiary/aromatic N) is 5. The molecule has 3 heterocycles. The number of carbonyl (C=O) groups excluding carboxylic acids is 1. The van der Waals surface area contributed by atoms with Gasteiger partial charge < -0.3 is 10.1 Å². The lowest BCUT2D eigenvalue weighted by Gasteiger charge is -2.12. The van der Waals surface area contributed by atoms with Gasteiger partial charge in [-0.2, -0.15) is 10.2 Å². The average Bonchev–Trinajstić information content (AvgIpc) is 3.54. The van der Waals surface area contributed by atoms with Crippen LogP contribution in [0.1, 0.15) is 47.9 Å². The number of hydrogen-bond donors (Lipinski definition) is 1. The fraction of sp³-hybridized carbons (Fsp3) is 0.304. The van der Waals surface area contributed by atoms with E-state index in [1.165, 1.54) is 12.0 Å². The smallest absolute Gasteiger partial charge is 0.282 e. The Morgan fingerprint density at radius 2 is 1.94 bits per heavy atom. The van der Waals surface area contributed by atoms with E-state index >= 15 is 0 Å². The normalized spacial score (nSPS) is 15.0. The van der Waals surface area contributed by atoms with Gasteiger partial charge in [-0.05, 0) is 49.0 Å². The van der Waals surface area contributed by atoms with Crippen molar-refractivity contribution in [3.8, 4) is 5.75 Å². The third kappa shape index (κ3) is 5.25. The third-order valence-corrected chi connectivity index (χ3v) is 5.85. The van der Waals surface area contributed by atoms with E-state index in [0.717, 1.165) is 10.2 Å². The van der Waals surface area contributed by atoms with E-state index < -0.39 is 24.2 Å². The van der Waals surface area contributed by atoms with Crippen molar-refractivity contribution < 1.29 is 27.1 Å². The van der Waals surface area contributed by atoms with Crippen LogP contribution in [0.25, 0.3) is 6.08 Å². The van der Waals surface area contributed by atoms with Crippen LogP contribution in [0.3, 0.4) is 0 Å². The molecule has 36 heavy (non-hydrogen) atoms. The largest absolute Gasteiger partial charge is 0.496 e. The van der Waals surface area contributed by atoms with Gasteiger partial charge in [0, 0.05) is 23.9 Å². The third-order valence-electron chi connectivity index (χ3n) is 5.53. The van der Waals surface area contributed by atoms with Crippen LogP contribution in [-0.4, -0.2) is 42.6 Å². The molecule has 4 rings (SSSR count). The number of halogens is 4. The van der Waals surface area contributed by atoms with Gasteiger partial charge in [0.15, 0.2) is 5.11 Å².